The highest BCUT2D eigenvalue weighted by atomic mass is 127. The van der Waals surface area contributed by atoms with Crippen LogP contribution in [0.25, 0.3) is 0 Å². The molecule has 1 fully saturated rings. The molecule has 0 spiro atoms. The molecular weight excluding hydrogens is 539 g/mol. The van der Waals surface area contributed by atoms with Crippen molar-refractivity contribution in [1.29, 1.82) is 0 Å². The molecule has 0 radical (unpaired) electrons. The monoisotopic (exact) mass is 574 g/mol. The van der Waals surface area contributed by atoms with Crippen molar-refractivity contribution in [1.82, 2.24) is 24.7 Å². The maximum absolute atomic E-state index is 12.3. The van der Waals surface area contributed by atoms with Gasteiger partial charge in [-0.05, 0) is 43.4 Å². The number of aromatic nitrogens is 2. The minimum Gasteiger partial charge on any atom is -0.357 e. The molecule has 0 saturated heterocycles. The molecule has 0 bridgehead atoms. The molecule has 1 heterocycles. The van der Waals surface area contributed by atoms with Crippen molar-refractivity contribution in [3.05, 3.63) is 47.3 Å². The number of sulfonamides is 1. The smallest absolute Gasteiger partial charge is 0.240 e. The summed E-state index contributed by atoms with van der Waals surface area (Å²) in [5, 5.41) is 7.92. The Morgan fingerprint density at radius 3 is 2.50 bits per heavy atom. The number of guanidine groups is 1. The molecule has 1 aromatic carbocycles. The zero-order valence-corrected chi connectivity index (χ0v) is 22.6. The molecule has 3 rings (SSSR count). The molecule has 0 atom stereocenters. The fourth-order valence-corrected chi connectivity index (χ4v) is 4.70. The Bertz CT molecular complexity index is 1010. The van der Waals surface area contributed by atoms with Gasteiger partial charge in [0.25, 0.3) is 0 Å². The number of aryl methyl sites for hydroxylation is 1. The lowest BCUT2D eigenvalue weighted by Crippen LogP contribution is -2.38. The van der Waals surface area contributed by atoms with Crippen LogP contribution in [0.3, 0.4) is 0 Å². The van der Waals surface area contributed by atoms with Gasteiger partial charge >= 0.3 is 0 Å². The van der Waals surface area contributed by atoms with Crippen LogP contribution in [0.1, 0.15) is 56.4 Å². The van der Waals surface area contributed by atoms with Gasteiger partial charge < -0.3 is 10.2 Å². The van der Waals surface area contributed by atoms with Crippen molar-refractivity contribution in [3.8, 4) is 0 Å². The molecule has 10 heteroatoms. The Labute approximate surface area is 208 Å². The number of nitrogens with zero attached hydrogens (tertiary/aromatic N) is 4. The molecule has 8 nitrogen and oxygen atoms in total. The van der Waals surface area contributed by atoms with Gasteiger partial charge in [0.1, 0.15) is 0 Å². The number of hydrogen-bond donors (Lipinski definition) is 2. The molecule has 178 valence electrons. The van der Waals surface area contributed by atoms with Crippen LogP contribution < -0.4 is 10.0 Å². The van der Waals surface area contributed by atoms with E-state index >= 15 is 0 Å². The fourth-order valence-electron chi connectivity index (χ4n) is 3.39. The minimum atomic E-state index is -3.43. The number of aliphatic imine (C=N–C) groups is 1. The quantitative estimate of drug-likeness (QED) is 0.273. The van der Waals surface area contributed by atoms with E-state index < -0.39 is 10.0 Å². The third kappa shape index (κ3) is 7.17. The molecule has 1 aliphatic rings. The van der Waals surface area contributed by atoms with Crippen molar-refractivity contribution in [2.75, 3.05) is 13.6 Å². The first kappa shape index (κ1) is 26.6. The summed E-state index contributed by atoms with van der Waals surface area (Å²) in [4.78, 5) is 7.14. The molecule has 2 aromatic rings. The van der Waals surface area contributed by atoms with Gasteiger partial charge in [0.15, 0.2) is 5.96 Å². The fraction of sp³-hybridized carbons (Fsp3) is 0.545. The highest BCUT2D eigenvalue weighted by molar-refractivity contribution is 14.0. The van der Waals surface area contributed by atoms with E-state index in [0.717, 1.165) is 36.6 Å². The van der Waals surface area contributed by atoms with E-state index in [0.29, 0.717) is 23.9 Å². The van der Waals surface area contributed by atoms with Gasteiger partial charge in [-0.25, -0.2) is 18.1 Å². The van der Waals surface area contributed by atoms with Crippen molar-refractivity contribution in [3.63, 3.8) is 0 Å². The number of halogens is 1. The molecule has 1 aromatic heterocycles. The van der Waals surface area contributed by atoms with E-state index in [1.54, 1.807) is 12.1 Å². The number of benzene rings is 1. The van der Waals surface area contributed by atoms with Crippen LogP contribution in [0, 0.1) is 0 Å². The Balaban J connectivity index is 0.00000363. The number of rotatable bonds is 9. The van der Waals surface area contributed by atoms with Gasteiger partial charge in [0.05, 0.1) is 17.1 Å². The lowest BCUT2D eigenvalue weighted by Gasteiger charge is -2.22. The van der Waals surface area contributed by atoms with Crippen LogP contribution in [-0.2, 0) is 30.2 Å². The summed E-state index contributed by atoms with van der Waals surface area (Å²) in [5.41, 5.74) is 3.24. The molecular formula is C22H35IN6O2S. The summed E-state index contributed by atoms with van der Waals surface area (Å²) in [6.07, 6.45) is 3.90. The van der Waals surface area contributed by atoms with Crippen LogP contribution in [0.4, 0.5) is 0 Å². The summed E-state index contributed by atoms with van der Waals surface area (Å²) < 4.78 is 29.2. The van der Waals surface area contributed by atoms with Crippen LogP contribution in [0.5, 0.6) is 0 Å². The first-order valence-corrected chi connectivity index (χ1v) is 12.3. The predicted octanol–water partition coefficient (Wildman–Crippen LogP) is 3.20. The minimum absolute atomic E-state index is 0. The highest BCUT2D eigenvalue weighted by Crippen LogP contribution is 2.22. The normalized spacial score (nSPS) is 14.4. The van der Waals surface area contributed by atoms with Crippen molar-refractivity contribution in [2.45, 2.75) is 63.6 Å². The van der Waals surface area contributed by atoms with E-state index in [4.69, 9.17) is 4.99 Å². The summed E-state index contributed by atoms with van der Waals surface area (Å²) >= 11 is 0. The summed E-state index contributed by atoms with van der Waals surface area (Å²) in [6, 6.07) is 7.05. The topological polar surface area (TPSA) is 91.6 Å². The summed E-state index contributed by atoms with van der Waals surface area (Å²) in [5.74, 6) is 1.15. The summed E-state index contributed by atoms with van der Waals surface area (Å²) in [6.45, 7) is 8.27. The molecule has 1 aliphatic carbocycles. The number of hydrogen-bond acceptors (Lipinski definition) is 4. The van der Waals surface area contributed by atoms with Crippen LogP contribution in [0.15, 0.2) is 40.4 Å². The molecule has 32 heavy (non-hydrogen) atoms. The lowest BCUT2D eigenvalue weighted by atomic mass is 10.1. The zero-order valence-electron chi connectivity index (χ0n) is 19.5. The molecule has 2 N–H and O–H groups in total. The predicted molar refractivity (Wildman–Crippen MR) is 139 cm³/mol. The SMILES string of the molecule is CCNC(=NCc1ccc(S(=O)(=O)NC2CC2)cc1)N(C)Cc1cn(C)nc1C(C)C.I. The molecule has 0 unspecified atom stereocenters. The van der Waals surface area contributed by atoms with E-state index in [9.17, 15) is 8.42 Å². The maximum atomic E-state index is 12.3. The van der Waals surface area contributed by atoms with Crippen LogP contribution in [-0.4, -0.2) is 48.7 Å². The second kappa shape index (κ2) is 11.5. The zero-order chi connectivity index (χ0) is 22.6. The number of nitrogens with one attached hydrogen (secondary N) is 2. The molecule has 0 aliphatic heterocycles. The first-order valence-electron chi connectivity index (χ1n) is 10.8. The van der Waals surface area contributed by atoms with Gasteiger partial charge in [-0.15, -0.1) is 24.0 Å². The van der Waals surface area contributed by atoms with E-state index in [1.165, 1.54) is 5.56 Å². The Hall–Kier alpha value is -1.66. The molecule has 0 amide bonds. The van der Waals surface area contributed by atoms with Crippen LogP contribution in [0.2, 0.25) is 0 Å². The largest absolute Gasteiger partial charge is 0.357 e. The average molecular weight is 575 g/mol. The second-order valence-corrected chi connectivity index (χ2v) is 10.1. The van der Waals surface area contributed by atoms with Crippen molar-refractivity contribution < 1.29 is 8.42 Å². The first-order chi connectivity index (χ1) is 14.7. The van der Waals surface area contributed by atoms with E-state index in [2.05, 4.69) is 40.1 Å². The summed E-state index contributed by atoms with van der Waals surface area (Å²) in [7, 11) is 0.530. The second-order valence-electron chi connectivity index (χ2n) is 8.43. The van der Waals surface area contributed by atoms with Gasteiger partial charge in [-0.3, -0.25) is 4.68 Å². The Morgan fingerprint density at radius 2 is 1.94 bits per heavy atom. The van der Waals surface area contributed by atoms with Gasteiger partial charge in [0, 0.05) is 45.0 Å². The highest BCUT2D eigenvalue weighted by Gasteiger charge is 2.27. The average Bonchev–Trinajstić information content (AvgIpc) is 3.44. The standard InChI is InChI=1S/C22H34N6O2S.HI/c1-6-23-22(27(4)14-18-15-28(5)25-21(18)16(2)3)24-13-17-7-11-20(12-8-17)31(29,30)26-19-9-10-19;/h7-8,11-12,15-16,19,26H,6,9-10,13-14H2,1-5H3,(H,23,24);1H. The van der Waals surface area contributed by atoms with Crippen molar-refractivity contribution >= 4 is 40.0 Å². The van der Waals surface area contributed by atoms with Gasteiger partial charge in [-0.2, -0.15) is 5.10 Å². The maximum Gasteiger partial charge on any atom is 0.240 e. The van der Waals surface area contributed by atoms with Crippen molar-refractivity contribution in [2.24, 2.45) is 12.0 Å². The van der Waals surface area contributed by atoms with Crippen LogP contribution >= 0.6 is 24.0 Å². The lowest BCUT2D eigenvalue weighted by molar-refractivity contribution is 0.473. The van der Waals surface area contributed by atoms with Gasteiger partial charge in [-0.1, -0.05) is 26.0 Å². The Kier molecular flexibility index (Phi) is 9.53. The third-order valence-corrected chi connectivity index (χ3v) is 6.67. The Morgan fingerprint density at radius 1 is 1.28 bits per heavy atom. The van der Waals surface area contributed by atoms with E-state index in [-0.39, 0.29) is 30.0 Å². The molecule has 1 saturated carbocycles. The van der Waals surface area contributed by atoms with Gasteiger partial charge in [0.2, 0.25) is 10.0 Å². The van der Waals surface area contributed by atoms with E-state index in [1.807, 2.05) is 37.8 Å². The third-order valence-electron chi connectivity index (χ3n) is 5.13.